The minimum atomic E-state index is 0.321. The highest BCUT2D eigenvalue weighted by molar-refractivity contribution is 5.18. The maximum atomic E-state index is 3.32. The second-order valence-electron chi connectivity index (χ2n) is 4.44. The van der Waals surface area contributed by atoms with Crippen LogP contribution >= 0.6 is 0 Å². The van der Waals surface area contributed by atoms with Gasteiger partial charge in [0.05, 0.1) is 0 Å². The molecule has 2 rings (SSSR count). The van der Waals surface area contributed by atoms with Gasteiger partial charge in [0.25, 0.3) is 0 Å². The fraction of sp³-hybridized carbons (Fsp3) is 0.250. The fourth-order valence-electron chi connectivity index (χ4n) is 1.90. The number of hydrazine groups is 1. The zero-order valence-electron chi connectivity index (χ0n) is 10.8. The van der Waals surface area contributed by atoms with E-state index in [4.69, 9.17) is 0 Å². The molecule has 0 amide bonds. The third kappa shape index (κ3) is 3.99. The molecule has 94 valence electrons. The van der Waals surface area contributed by atoms with Crippen molar-refractivity contribution in [1.29, 1.82) is 0 Å². The molecule has 0 aliphatic rings. The normalized spacial score (nSPS) is 12.3. The van der Waals surface area contributed by atoms with Gasteiger partial charge in [-0.15, -0.1) is 0 Å². The third-order valence-electron chi connectivity index (χ3n) is 3.00. The van der Waals surface area contributed by atoms with Crippen molar-refractivity contribution in [3.8, 4) is 0 Å². The lowest BCUT2D eigenvalue weighted by Gasteiger charge is -2.15. The van der Waals surface area contributed by atoms with E-state index in [1.807, 2.05) is 12.1 Å². The number of hydrogen-bond donors (Lipinski definition) is 2. The van der Waals surface area contributed by atoms with E-state index in [1.54, 1.807) is 0 Å². The molecule has 0 radical (unpaired) electrons. The molecule has 0 bridgehead atoms. The first kappa shape index (κ1) is 12.8. The van der Waals surface area contributed by atoms with Crippen LogP contribution in [0.4, 0.5) is 0 Å². The Bertz CT molecular complexity index is 439. The summed E-state index contributed by atoms with van der Waals surface area (Å²) in [5, 5.41) is 0. The van der Waals surface area contributed by atoms with Crippen LogP contribution in [0.1, 0.15) is 24.1 Å². The minimum Gasteiger partial charge on any atom is -0.257 e. The summed E-state index contributed by atoms with van der Waals surface area (Å²) >= 11 is 0. The number of nitrogens with one attached hydrogen (secondary N) is 2. The van der Waals surface area contributed by atoms with E-state index in [-0.39, 0.29) is 0 Å². The highest BCUT2D eigenvalue weighted by Gasteiger charge is 2.02. The van der Waals surface area contributed by atoms with Crippen molar-refractivity contribution in [3.63, 3.8) is 0 Å². The van der Waals surface area contributed by atoms with Crippen LogP contribution in [0, 0.1) is 0 Å². The molecule has 0 heterocycles. The molecule has 0 saturated heterocycles. The number of hydrogen-bond acceptors (Lipinski definition) is 2. The highest BCUT2D eigenvalue weighted by Crippen LogP contribution is 2.09. The Kier molecular flexibility index (Phi) is 4.94. The largest absolute Gasteiger partial charge is 0.257 e. The summed E-state index contributed by atoms with van der Waals surface area (Å²) in [6.07, 6.45) is 1.04. The van der Waals surface area contributed by atoms with Gasteiger partial charge >= 0.3 is 0 Å². The molecule has 2 N–H and O–H groups in total. The molecule has 0 aliphatic carbocycles. The molecule has 0 aliphatic heterocycles. The van der Waals surface area contributed by atoms with E-state index >= 15 is 0 Å². The highest BCUT2D eigenvalue weighted by atomic mass is 15.4. The van der Waals surface area contributed by atoms with Gasteiger partial charge in [-0.05, 0) is 24.5 Å². The van der Waals surface area contributed by atoms with E-state index in [1.165, 1.54) is 11.1 Å². The SMILES string of the molecule is CC(NNCCc1ccccc1)c1ccccc1. The first-order valence-electron chi connectivity index (χ1n) is 6.43. The van der Waals surface area contributed by atoms with Crippen molar-refractivity contribution < 1.29 is 0 Å². The maximum absolute atomic E-state index is 3.32. The number of rotatable bonds is 6. The van der Waals surface area contributed by atoms with Crippen LogP contribution in [0.5, 0.6) is 0 Å². The smallest absolute Gasteiger partial charge is 0.0434 e. The molecule has 0 saturated carbocycles. The Hall–Kier alpha value is -1.64. The molecule has 2 aromatic carbocycles. The monoisotopic (exact) mass is 240 g/mol. The molecule has 0 spiro atoms. The van der Waals surface area contributed by atoms with Crippen LogP contribution in [0.15, 0.2) is 60.7 Å². The van der Waals surface area contributed by atoms with Gasteiger partial charge in [-0.3, -0.25) is 10.9 Å². The van der Waals surface area contributed by atoms with Crippen LogP contribution < -0.4 is 10.9 Å². The van der Waals surface area contributed by atoms with E-state index in [2.05, 4.69) is 66.3 Å². The predicted molar refractivity (Wildman–Crippen MR) is 76.1 cm³/mol. The molecule has 2 aromatic rings. The van der Waals surface area contributed by atoms with E-state index in [9.17, 15) is 0 Å². The predicted octanol–water partition coefficient (Wildman–Crippen LogP) is 3.08. The molecule has 0 fully saturated rings. The fourth-order valence-corrected chi connectivity index (χ4v) is 1.90. The summed E-state index contributed by atoms with van der Waals surface area (Å²) in [7, 11) is 0. The van der Waals surface area contributed by atoms with Gasteiger partial charge in [-0.25, -0.2) is 0 Å². The summed E-state index contributed by atoms with van der Waals surface area (Å²) in [6.45, 7) is 3.09. The zero-order chi connectivity index (χ0) is 12.6. The molecule has 0 aromatic heterocycles. The average molecular weight is 240 g/mol. The topological polar surface area (TPSA) is 24.1 Å². The van der Waals surface area contributed by atoms with Crippen LogP contribution in [0.3, 0.4) is 0 Å². The quantitative estimate of drug-likeness (QED) is 0.599. The first-order chi connectivity index (χ1) is 8.86. The third-order valence-corrected chi connectivity index (χ3v) is 3.00. The Balaban J connectivity index is 1.70. The van der Waals surface area contributed by atoms with Crippen molar-refractivity contribution in [1.82, 2.24) is 10.9 Å². The molecule has 1 atom stereocenters. The second-order valence-corrected chi connectivity index (χ2v) is 4.44. The molecule has 2 nitrogen and oxygen atoms in total. The summed E-state index contributed by atoms with van der Waals surface area (Å²) in [4.78, 5) is 0. The lowest BCUT2D eigenvalue weighted by molar-refractivity contribution is 0.465. The summed E-state index contributed by atoms with van der Waals surface area (Å²) in [5.41, 5.74) is 9.26. The molecular weight excluding hydrogens is 220 g/mol. The van der Waals surface area contributed by atoms with Crippen LogP contribution in [-0.4, -0.2) is 6.54 Å². The Morgan fingerprint density at radius 2 is 1.50 bits per heavy atom. The van der Waals surface area contributed by atoms with Crippen LogP contribution in [0.25, 0.3) is 0 Å². The van der Waals surface area contributed by atoms with Gasteiger partial charge in [0.15, 0.2) is 0 Å². The molecule has 18 heavy (non-hydrogen) atoms. The lowest BCUT2D eigenvalue weighted by atomic mass is 10.1. The Morgan fingerprint density at radius 3 is 2.17 bits per heavy atom. The summed E-state index contributed by atoms with van der Waals surface area (Å²) < 4.78 is 0. The summed E-state index contributed by atoms with van der Waals surface area (Å²) in [5.74, 6) is 0. The van der Waals surface area contributed by atoms with Crippen molar-refractivity contribution in [3.05, 3.63) is 71.8 Å². The van der Waals surface area contributed by atoms with E-state index < -0.39 is 0 Å². The van der Waals surface area contributed by atoms with E-state index in [0.29, 0.717) is 6.04 Å². The minimum absolute atomic E-state index is 0.321. The van der Waals surface area contributed by atoms with Gasteiger partial charge in [0, 0.05) is 12.6 Å². The van der Waals surface area contributed by atoms with Crippen molar-refractivity contribution >= 4 is 0 Å². The Morgan fingerprint density at radius 1 is 0.889 bits per heavy atom. The molecule has 1 unspecified atom stereocenters. The van der Waals surface area contributed by atoms with Gasteiger partial charge < -0.3 is 0 Å². The van der Waals surface area contributed by atoms with Gasteiger partial charge in [-0.2, -0.15) is 0 Å². The maximum Gasteiger partial charge on any atom is 0.0434 e. The number of benzene rings is 2. The first-order valence-corrected chi connectivity index (χ1v) is 6.43. The van der Waals surface area contributed by atoms with E-state index in [0.717, 1.165) is 13.0 Å². The second kappa shape index (κ2) is 6.94. The Labute approximate surface area is 109 Å². The summed E-state index contributed by atoms with van der Waals surface area (Å²) in [6, 6.07) is 21.3. The van der Waals surface area contributed by atoms with Crippen molar-refractivity contribution in [2.24, 2.45) is 0 Å². The van der Waals surface area contributed by atoms with Crippen LogP contribution in [0.2, 0.25) is 0 Å². The van der Waals surface area contributed by atoms with Crippen molar-refractivity contribution in [2.45, 2.75) is 19.4 Å². The standard InChI is InChI=1S/C16H20N2/c1-14(16-10-6-3-7-11-16)18-17-13-12-15-8-4-2-5-9-15/h2-11,14,17-18H,12-13H2,1H3. The molecule has 2 heteroatoms. The van der Waals surface area contributed by atoms with Gasteiger partial charge in [0.1, 0.15) is 0 Å². The van der Waals surface area contributed by atoms with Crippen molar-refractivity contribution in [2.75, 3.05) is 6.54 Å². The molecular formula is C16H20N2. The zero-order valence-corrected chi connectivity index (χ0v) is 10.8. The van der Waals surface area contributed by atoms with Crippen LogP contribution in [-0.2, 0) is 6.42 Å². The average Bonchev–Trinajstić information content (AvgIpc) is 2.45. The van der Waals surface area contributed by atoms with Gasteiger partial charge in [-0.1, -0.05) is 60.7 Å². The lowest BCUT2D eigenvalue weighted by Crippen LogP contribution is -2.35. The van der Waals surface area contributed by atoms with Gasteiger partial charge in [0.2, 0.25) is 0 Å².